The molecule has 30 heavy (non-hydrogen) atoms. The molecule has 0 atom stereocenters. The summed E-state index contributed by atoms with van der Waals surface area (Å²) in [7, 11) is 1.55. The van der Waals surface area contributed by atoms with E-state index in [1.54, 1.807) is 36.3 Å². The first-order valence-corrected chi connectivity index (χ1v) is 9.17. The summed E-state index contributed by atoms with van der Waals surface area (Å²) in [5.74, 6) is 1.02. The Hall–Kier alpha value is -4.34. The number of ether oxygens (including phenoxy) is 1. The first-order valence-electron chi connectivity index (χ1n) is 9.17. The van der Waals surface area contributed by atoms with Crippen LogP contribution in [0.15, 0.2) is 71.8 Å². The molecule has 2 aromatic carbocycles. The van der Waals surface area contributed by atoms with E-state index < -0.39 is 0 Å². The molecule has 0 saturated carbocycles. The van der Waals surface area contributed by atoms with Gasteiger partial charge in [0.1, 0.15) is 6.61 Å². The van der Waals surface area contributed by atoms with Crippen LogP contribution in [0.2, 0.25) is 0 Å². The number of hydrogen-bond acceptors (Lipinski definition) is 7. The fourth-order valence-electron chi connectivity index (χ4n) is 3.03. The van der Waals surface area contributed by atoms with E-state index in [1.165, 1.54) is 9.36 Å². The standard InChI is InChI=1S/C20H16N8O2/c1-26-20(29)28(25-24-26)17-9-5-2-6-14(17)13-30-19-10-11-27(23-19)18-12-21-15-7-3-4-8-16(15)22-18/h2-12H,13H2,1H3. The molecule has 5 rings (SSSR count). The molecule has 0 bridgehead atoms. The predicted octanol–water partition coefficient (Wildman–Crippen LogP) is 1.67. The molecular weight excluding hydrogens is 384 g/mol. The number of para-hydroxylation sites is 3. The molecule has 3 aromatic heterocycles. The maximum atomic E-state index is 12.2. The number of aryl methyl sites for hydroxylation is 1. The van der Waals surface area contributed by atoms with Gasteiger partial charge in [0.25, 0.3) is 0 Å². The Labute approximate surface area is 170 Å². The average Bonchev–Trinajstić information content (AvgIpc) is 3.39. The van der Waals surface area contributed by atoms with Crippen LogP contribution in [0.5, 0.6) is 5.88 Å². The molecule has 10 heteroatoms. The van der Waals surface area contributed by atoms with Crippen LogP contribution in [0, 0.1) is 0 Å². The largest absolute Gasteiger partial charge is 0.472 e. The van der Waals surface area contributed by atoms with Gasteiger partial charge in [0.15, 0.2) is 5.82 Å². The lowest BCUT2D eigenvalue weighted by Gasteiger charge is -2.08. The number of hydrogen-bond donors (Lipinski definition) is 0. The van der Waals surface area contributed by atoms with E-state index in [2.05, 4.69) is 25.5 Å². The van der Waals surface area contributed by atoms with Crippen LogP contribution in [-0.4, -0.2) is 39.5 Å². The molecule has 0 radical (unpaired) electrons. The predicted molar refractivity (Wildman–Crippen MR) is 108 cm³/mol. The number of benzene rings is 2. The summed E-state index contributed by atoms with van der Waals surface area (Å²) in [6.45, 7) is 0.208. The summed E-state index contributed by atoms with van der Waals surface area (Å²) >= 11 is 0. The van der Waals surface area contributed by atoms with Gasteiger partial charge >= 0.3 is 5.69 Å². The molecule has 0 saturated heterocycles. The highest BCUT2D eigenvalue weighted by molar-refractivity contribution is 5.74. The van der Waals surface area contributed by atoms with E-state index in [0.717, 1.165) is 16.6 Å². The molecule has 0 spiro atoms. The summed E-state index contributed by atoms with van der Waals surface area (Å²) < 4.78 is 9.85. The number of nitrogens with zero attached hydrogens (tertiary/aromatic N) is 8. The summed E-state index contributed by atoms with van der Waals surface area (Å²) in [6, 6.07) is 16.7. The van der Waals surface area contributed by atoms with Crippen molar-refractivity contribution in [2.45, 2.75) is 6.61 Å². The van der Waals surface area contributed by atoms with Crippen molar-refractivity contribution in [1.82, 2.24) is 39.5 Å². The van der Waals surface area contributed by atoms with E-state index in [0.29, 0.717) is 17.4 Å². The van der Waals surface area contributed by atoms with Crippen molar-refractivity contribution in [2.75, 3.05) is 0 Å². The van der Waals surface area contributed by atoms with Gasteiger partial charge in [-0.15, -0.1) is 5.10 Å². The third-order valence-corrected chi connectivity index (χ3v) is 4.55. The SMILES string of the molecule is Cn1nnn(-c2ccccc2COc2ccn(-c3cnc4ccccc4n3)n2)c1=O. The molecular formula is C20H16N8O2. The van der Waals surface area contributed by atoms with Gasteiger partial charge in [0, 0.05) is 24.9 Å². The summed E-state index contributed by atoms with van der Waals surface area (Å²) in [6.07, 6.45) is 3.42. The molecule has 3 heterocycles. The third kappa shape index (κ3) is 3.20. The molecule has 0 aliphatic carbocycles. The highest BCUT2D eigenvalue weighted by Gasteiger charge is 2.12. The van der Waals surface area contributed by atoms with Crippen LogP contribution in [-0.2, 0) is 13.7 Å². The van der Waals surface area contributed by atoms with E-state index in [1.807, 2.05) is 42.5 Å². The Bertz CT molecular complexity index is 1400. The van der Waals surface area contributed by atoms with Gasteiger partial charge in [-0.2, -0.15) is 9.36 Å². The smallest absolute Gasteiger partial charge is 0.368 e. The van der Waals surface area contributed by atoms with Crippen LogP contribution in [0.1, 0.15) is 5.56 Å². The van der Waals surface area contributed by atoms with E-state index in [4.69, 9.17) is 4.74 Å². The lowest BCUT2D eigenvalue weighted by atomic mass is 10.2. The Balaban J connectivity index is 1.38. The molecule has 0 aliphatic rings. The van der Waals surface area contributed by atoms with Gasteiger partial charge in [-0.25, -0.2) is 14.5 Å². The van der Waals surface area contributed by atoms with Crippen LogP contribution < -0.4 is 10.4 Å². The zero-order valence-electron chi connectivity index (χ0n) is 16.0. The van der Waals surface area contributed by atoms with E-state index in [-0.39, 0.29) is 12.3 Å². The normalized spacial score (nSPS) is 11.1. The minimum absolute atomic E-state index is 0.208. The molecule has 0 unspecified atom stereocenters. The average molecular weight is 400 g/mol. The topological polar surface area (TPSA) is 106 Å². The highest BCUT2D eigenvalue weighted by atomic mass is 16.5. The zero-order chi connectivity index (χ0) is 20.5. The van der Waals surface area contributed by atoms with Crippen molar-refractivity contribution in [3.63, 3.8) is 0 Å². The lowest BCUT2D eigenvalue weighted by molar-refractivity contribution is 0.291. The number of tetrazole rings is 1. The first-order chi connectivity index (χ1) is 14.7. The van der Waals surface area contributed by atoms with Crippen molar-refractivity contribution in [3.05, 3.63) is 83.0 Å². The van der Waals surface area contributed by atoms with Crippen LogP contribution in [0.4, 0.5) is 0 Å². The minimum Gasteiger partial charge on any atom is -0.472 e. The van der Waals surface area contributed by atoms with E-state index in [9.17, 15) is 4.79 Å². The summed E-state index contributed by atoms with van der Waals surface area (Å²) in [4.78, 5) is 21.2. The molecule has 0 fully saturated rings. The molecule has 0 N–H and O–H groups in total. The Kier molecular flexibility index (Phi) is 4.28. The highest BCUT2D eigenvalue weighted by Crippen LogP contribution is 2.17. The molecule has 5 aromatic rings. The second-order valence-corrected chi connectivity index (χ2v) is 6.53. The fourth-order valence-corrected chi connectivity index (χ4v) is 3.03. The van der Waals surface area contributed by atoms with E-state index >= 15 is 0 Å². The van der Waals surface area contributed by atoms with Crippen LogP contribution in [0.3, 0.4) is 0 Å². The quantitative estimate of drug-likeness (QED) is 0.442. The van der Waals surface area contributed by atoms with Gasteiger partial charge in [0.05, 0.1) is 22.9 Å². The van der Waals surface area contributed by atoms with Crippen molar-refractivity contribution >= 4 is 11.0 Å². The number of rotatable bonds is 5. The van der Waals surface area contributed by atoms with Gasteiger partial charge in [-0.3, -0.25) is 4.98 Å². The molecule has 148 valence electrons. The second-order valence-electron chi connectivity index (χ2n) is 6.53. The Morgan fingerprint density at radius 1 is 0.967 bits per heavy atom. The van der Waals surface area contributed by atoms with Crippen molar-refractivity contribution in [3.8, 4) is 17.4 Å². The van der Waals surface area contributed by atoms with Gasteiger partial charge in [-0.05, 0) is 28.6 Å². The summed E-state index contributed by atoms with van der Waals surface area (Å²) in [5, 5.41) is 12.1. The second kappa shape index (κ2) is 7.24. The van der Waals surface area contributed by atoms with Crippen molar-refractivity contribution in [1.29, 1.82) is 0 Å². The molecule has 0 amide bonds. The van der Waals surface area contributed by atoms with Crippen LogP contribution in [0.25, 0.3) is 22.5 Å². The van der Waals surface area contributed by atoms with Crippen molar-refractivity contribution < 1.29 is 4.74 Å². The number of fused-ring (bicyclic) bond motifs is 1. The molecule has 0 aliphatic heterocycles. The monoisotopic (exact) mass is 400 g/mol. The first kappa shape index (κ1) is 17.7. The number of aromatic nitrogens is 8. The van der Waals surface area contributed by atoms with Gasteiger partial charge < -0.3 is 4.74 Å². The molecule has 10 nitrogen and oxygen atoms in total. The fraction of sp³-hybridized carbons (Fsp3) is 0.100. The van der Waals surface area contributed by atoms with Gasteiger partial charge in [0.2, 0.25) is 5.88 Å². The maximum absolute atomic E-state index is 12.2. The maximum Gasteiger partial charge on any atom is 0.368 e. The Morgan fingerprint density at radius 2 is 1.77 bits per heavy atom. The third-order valence-electron chi connectivity index (χ3n) is 4.55. The zero-order valence-corrected chi connectivity index (χ0v) is 16.0. The Morgan fingerprint density at radius 3 is 2.60 bits per heavy atom. The van der Waals surface area contributed by atoms with Crippen LogP contribution >= 0.6 is 0 Å². The van der Waals surface area contributed by atoms with Crippen molar-refractivity contribution in [2.24, 2.45) is 7.05 Å². The lowest BCUT2D eigenvalue weighted by Crippen LogP contribution is -2.23. The summed E-state index contributed by atoms with van der Waals surface area (Å²) in [5.41, 5.74) is 2.66. The minimum atomic E-state index is -0.332. The van der Waals surface area contributed by atoms with Gasteiger partial charge in [-0.1, -0.05) is 30.3 Å².